The van der Waals surface area contributed by atoms with Crippen LogP contribution in [0.2, 0.25) is 0 Å². The highest BCUT2D eigenvalue weighted by molar-refractivity contribution is 5.93. The Hall–Kier alpha value is -2.62. The summed E-state index contributed by atoms with van der Waals surface area (Å²) in [5.74, 6) is 0.544. The number of ether oxygens (including phenoxy) is 1. The lowest BCUT2D eigenvalue weighted by atomic mass is 10.1. The van der Waals surface area contributed by atoms with Gasteiger partial charge in [-0.2, -0.15) is 0 Å². The number of halogens is 1. The highest BCUT2D eigenvalue weighted by Gasteiger charge is 2.14. The maximum atomic E-state index is 13.3. The molecule has 0 aromatic heterocycles. The summed E-state index contributed by atoms with van der Waals surface area (Å²) < 4.78 is 18.7. The van der Waals surface area contributed by atoms with Crippen LogP contribution in [-0.2, 0) is 4.79 Å². The predicted molar refractivity (Wildman–Crippen MR) is 114 cm³/mol. The Bertz CT molecular complexity index is 755. The van der Waals surface area contributed by atoms with E-state index >= 15 is 0 Å². The number of hydrogen-bond acceptors (Lipinski definition) is 2. The normalized spacial score (nSPS) is 11.0. The summed E-state index contributed by atoms with van der Waals surface area (Å²) in [4.78, 5) is 14.5. The van der Waals surface area contributed by atoms with E-state index in [1.165, 1.54) is 25.0 Å². The third-order valence-electron chi connectivity index (χ3n) is 4.66. The van der Waals surface area contributed by atoms with Gasteiger partial charge in [-0.1, -0.05) is 63.0 Å². The van der Waals surface area contributed by atoms with Gasteiger partial charge in [0.25, 0.3) is 0 Å². The highest BCUT2D eigenvalue weighted by Crippen LogP contribution is 2.20. The molecule has 0 N–H and O–H groups in total. The minimum absolute atomic E-state index is 0.0628. The molecule has 0 radical (unpaired) electrons. The molecule has 2 aromatic carbocycles. The molecule has 0 bridgehead atoms. The second-order valence-corrected chi connectivity index (χ2v) is 6.79. The first-order valence-corrected chi connectivity index (χ1v) is 10.0. The number of carbonyl (C=O) groups excluding carboxylic acids is 1. The van der Waals surface area contributed by atoms with Crippen LogP contribution in [0.5, 0.6) is 5.75 Å². The van der Waals surface area contributed by atoms with Gasteiger partial charge in [-0.25, -0.2) is 4.39 Å². The Morgan fingerprint density at radius 2 is 1.75 bits per heavy atom. The second kappa shape index (κ2) is 12.0. The molecule has 4 heteroatoms. The van der Waals surface area contributed by atoms with Crippen LogP contribution in [0.1, 0.15) is 51.0 Å². The molecule has 2 rings (SSSR count). The van der Waals surface area contributed by atoms with E-state index in [9.17, 15) is 9.18 Å². The maximum absolute atomic E-state index is 13.3. The molecule has 0 aliphatic rings. The molecular weight excluding hydrogens is 353 g/mol. The molecule has 0 fully saturated rings. The monoisotopic (exact) mass is 383 g/mol. The number of hydrogen-bond donors (Lipinski definition) is 0. The molecule has 0 saturated carbocycles. The van der Waals surface area contributed by atoms with Crippen LogP contribution >= 0.6 is 0 Å². The van der Waals surface area contributed by atoms with Crippen molar-refractivity contribution in [3.05, 3.63) is 66.0 Å². The smallest absolute Gasteiger partial charge is 0.227 e. The van der Waals surface area contributed by atoms with Crippen molar-refractivity contribution in [3.8, 4) is 5.75 Å². The topological polar surface area (TPSA) is 29.5 Å². The van der Waals surface area contributed by atoms with Gasteiger partial charge >= 0.3 is 0 Å². The molecule has 150 valence electrons. The van der Waals surface area contributed by atoms with Gasteiger partial charge in [-0.15, -0.1) is 0 Å². The van der Waals surface area contributed by atoms with E-state index in [1.54, 1.807) is 24.1 Å². The molecule has 0 unspecified atom stereocenters. The van der Waals surface area contributed by atoms with Crippen molar-refractivity contribution in [2.45, 2.75) is 45.4 Å². The summed E-state index contributed by atoms with van der Waals surface area (Å²) in [5, 5.41) is 0. The van der Waals surface area contributed by atoms with E-state index in [-0.39, 0.29) is 11.7 Å². The Kier molecular flexibility index (Phi) is 9.26. The van der Waals surface area contributed by atoms with Crippen molar-refractivity contribution >= 4 is 17.7 Å². The maximum Gasteiger partial charge on any atom is 0.227 e. The third-order valence-corrected chi connectivity index (χ3v) is 4.66. The van der Waals surface area contributed by atoms with E-state index in [1.807, 2.05) is 36.4 Å². The zero-order valence-corrected chi connectivity index (χ0v) is 16.9. The molecule has 0 aliphatic carbocycles. The molecule has 0 saturated heterocycles. The average Bonchev–Trinajstić information content (AvgIpc) is 2.72. The van der Waals surface area contributed by atoms with Crippen LogP contribution in [-0.4, -0.2) is 19.6 Å². The lowest BCUT2D eigenvalue weighted by Gasteiger charge is -2.21. The fraction of sp³-hybridized carbons (Fsp3) is 0.375. The first-order valence-electron chi connectivity index (χ1n) is 10.0. The van der Waals surface area contributed by atoms with Crippen LogP contribution in [0.4, 0.5) is 10.1 Å². The minimum Gasteiger partial charge on any atom is -0.496 e. The van der Waals surface area contributed by atoms with Crippen LogP contribution in [0, 0.1) is 5.82 Å². The van der Waals surface area contributed by atoms with Gasteiger partial charge in [0.05, 0.1) is 7.11 Å². The third kappa shape index (κ3) is 6.84. The Morgan fingerprint density at radius 1 is 1.04 bits per heavy atom. The number of amides is 1. The second-order valence-electron chi connectivity index (χ2n) is 6.79. The van der Waals surface area contributed by atoms with Gasteiger partial charge in [0.2, 0.25) is 5.91 Å². The molecule has 1 amide bonds. The zero-order chi connectivity index (χ0) is 20.2. The first-order chi connectivity index (χ1) is 13.7. The molecule has 3 nitrogen and oxygen atoms in total. The van der Waals surface area contributed by atoms with E-state index in [2.05, 4.69) is 6.92 Å². The number of methoxy groups -OCH3 is 1. The Labute approximate surface area is 167 Å². The summed E-state index contributed by atoms with van der Waals surface area (Å²) in [6, 6.07) is 13.8. The average molecular weight is 384 g/mol. The SMILES string of the molecule is CCCCCCCC(=O)N(C/C=C/c1ccccc1OC)c1ccc(F)cc1. The van der Waals surface area contributed by atoms with Gasteiger partial charge in [0.1, 0.15) is 11.6 Å². The number of nitrogens with zero attached hydrogens (tertiary/aromatic N) is 1. The van der Waals surface area contributed by atoms with Crippen molar-refractivity contribution in [3.63, 3.8) is 0 Å². The number of carbonyl (C=O) groups is 1. The van der Waals surface area contributed by atoms with E-state index < -0.39 is 0 Å². The first kappa shape index (κ1) is 21.7. The quantitative estimate of drug-likeness (QED) is 0.430. The largest absolute Gasteiger partial charge is 0.496 e. The minimum atomic E-state index is -0.305. The van der Waals surface area contributed by atoms with Crippen LogP contribution in [0.3, 0.4) is 0 Å². The predicted octanol–water partition coefficient (Wildman–Crippen LogP) is 6.24. The van der Waals surface area contributed by atoms with E-state index in [4.69, 9.17) is 4.74 Å². The van der Waals surface area contributed by atoms with Gasteiger partial charge in [0, 0.05) is 24.2 Å². The Balaban J connectivity index is 2.06. The molecule has 0 heterocycles. The van der Waals surface area contributed by atoms with Gasteiger partial charge in [-0.3, -0.25) is 4.79 Å². The number of para-hydroxylation sites is 1. The lowest BCUT2D eigenvalue weighted by molar-refractivity contribution is -0.118. The van der Waals surface area contributed by atoms with Crippen LogP contribution in [0.15, 0.2) is 54.6 Å². The van der Waals surface area contributed by atoms with Gasteiger partial charge in [-0.05, 0) is 36.8 Å². The number of benzene rings is 2. The van der Waals surface area contributed by atoms with Crippen LogP contribution in [0.25, 0.3) is 6.08 Å². The molecular formula is C24H30FNO2. The standard InChI is InChI=1S/C24H30FNO2/c1-3-4-5-6-7-14-24(27)26(22-17-15-21(25)16-18-22)19-10-12-20-11-8-9-13-23(20)28-2/h8-13,15-18H,3-7,14,19H2,1-2H3/b12-10+. The van der Waals surface area contributed by atoms with Crippen molar-refractivity contribution < 1.29 is 13.9 Å². The van der Waals surface area contributed by atoms with Crippen molar-refractivity contribution in [1.82, 2.24) is 0 Å². The Morgan fingerprint density at radius 3 is 2.46 bits per heavy atom. The fourth-order valence-corrected chi connectivity index (χ4v) is 3.08. The van der Waals surface area contributed by atoms with E-state index in [0.717, 1.165) is 30.6 Å². The van der Waals surface area contributed by atoms with Crippen LogP contribution < -0.4 is 9.64 Å². The summed E-state index contributed by atoms with van der Waals surface area (Å²) in [5.41, 5.74) is 1.67. The summed E-state index contributed by atoms with van der Waals surface area (Å²) in [6.45, 7) is 2.60. The lowest BCUT2D eigenvalue weighted by Crippen LogP contribution is -2.30. The van der Waals surface area contributed by atoms with Gasteiger partial charge < -0.3 is 9.64 Å². The molecule has 0 atom stereocenters. The molecule has 28 heavy (non-hydrogen) atoms. The fourth-order valence-electron chi connectivity index (χ4n) is 3.08. The van der Waals surface area contributed by atoms with Crippen molar-refractivity contribution in [1.29, 1.82) is 0 Å². The van der Waals surface area contributed by atoms with Gasteiger partial charge in [0.15, 0.2) is 0 Å². The summed E-state index contributed by atoms with van der Waals surface area (Å²) in [7, 11) is 1.64. The molecule has 0 aliphatic heterocycles. The highest BCUT2D eigenvalue weighted by atomic mass is 19.1. The summed E-state index contributed by atoms with van der Waals surface area (Å²) in [6.07, 6.45) is 9.89. The molecule has 0 spiro atoms. The van der Waals surface area contributed by atoms with E-state index in [0.29, 0.717) is 18.7 Å². The number of unbranched alkanes of at least 4 members (excludes halogenated alkanes) is 4. The summed E-state index contributed by atoms with van der Waals surface area (Å²) >= 11 is 0. The van der Waals surface area contributed by atoms with Crippen molar-refractivity contribution in [2.24, 2.45) is 0 Å². The van der Waals surface area contributed by atoms with Crippen molar-refractivity contribution in [2.75, 3.05) is 18.6 Å². The number of rotatable bonds is 11. The molecule has 2 aromatic rings. The zero-order valence-electron chi connectivity index (χ0n) is 16.9. The number of anilines is 1.